The minimum Gasteiger partial charge on any atom is -0.396 e. The highest BCUT2D eigenvalue weighted by Gasteiger charge is 2.24. The summed E-state index contributed by atoms with van der Waals surface area (Å²) in [5.74, 6) is 0.963. The van der Waals surface area contributed by atoms with Gasteiger partial charge in [0.2, 0.25) is 0 Å². The lowest BCUT2D eigenvalue weighted by molar-refractivity contribution is 0.178. The molecule has 7 nitrogen and oxygen atoms in total. The molecule has 0 aliphatic heterocycles. The van der Waals surface area contributed by atoms with E-state index in [9.17, 15) is 9.90 Å². The Hall–Kier alpha value is -1.89. The van der Waals surface area contributed by atoms with Crippen LogP contribution < -0.4 is 11.0 Å². The quantitative estimate of drug-likeness (QED) is 0.744. The number of hydrogen-bond donors (Lipinski definition) is 3. The number of nitrogens with zero attached hydrogens (tertiary/aromatic N) is 3. The summed E-state index contributed by atoms with van der Waals surface area (Å²) >= 11 is 0. The Balaban J connectivity index is 1.82. The minimum atomic E-state index is -0.292. The molecule has 1 saturated carbocycles. The van der Waals surface area contributed by atoms with Crippen LogP contribution in [0.1, 0.15) is 25.7 Å². The molecule has 0 aromatic carbocycles. The Morgan fingerprint density at radius 1 is 1.47 bits per heavy atom. The minimum absolute atomic E-state index is 0.196. The van der Waals surface area contributed by atoms with Gasteiger partial charge in [0.15, 0.2) is 5.65 Å². The number of rotatable bonds is 3. The summed E-state index contributed by atoms with van der Waals surface area (Å²) in [4.78, 5) is 15.5. The van der Waals surface area contributed by atoms with Gasteiger partial charge in [0.05, 0.1) is 0 Å². The van der Waals surface area contributed by atoms with E-state index in [0.717, 1.165) is 19.3 Å². The maximum Gasteiger partial charge on any atom is 0.348 e. The van der Waals surface area contributed by atoms with Gasteiger partial charge in [-0.1, -0.05) is 12.8 Å². The molecule has 0 saturated heterocycles. The van der Waals surface area contributed by atoms with Gasteiger partial charge in [-0.25, -0.2) is 19.3 Å². The summed E-state index contributed by atoms with van der Waals surface area (Å²) in [6, 6.07) is 1.97. The predicted molar refractivity (Wildman–Crippen MR) is 70.1 cm³/mol. The van der Waals surface area contributed by atoms with Crippen LogP contribution in [0, 0.1) is 5.92 Å². The highest BCUT2D eigenvalue weighted by atomic mass is 16.3. The van der Waals surface area contributed by atoms with Crippen LogP contribution >= 0.6 is 0 Å². The first-order chi connectivity index (χ1) is 9.28. The summed E-state index contributed by atoms with van der Waals surface area (Å²) < 4.78 is 1.36. The number of nitrogens with one attached hydrogen (secondary N) is 2. The molecular weight excluding hydrogens is 246 g/mol. The number of H-pyrrole nitrogens is 1. The molecule has 2 aromatic heterocycles. The van der Waals surface area contributed by atoms with E-state index in [1.165, 1.54) is 17.1 Å². The summed E-state index contributed by atoms with van der Waals surface area (Å²) in [5, 5.41) is 19.0. The third-order valence-corrected chi connectivity index (χ3v) is 3.79. The second-order valence-electron chi connectivity index (χ2n) is 5.01. The molecule has 2 unspecified atom stereocenters. The van der Waals surface area contributed by atoms with Crippen LogP contribution in [0.5, 0.6) is 0 Å². The normalized spacial score (nSPS) is 23.6. The first kappa shape index (κ1) is 12.2. The van der Waals surface area contributed by atoms with Gasteiger partial charge < -0.3 is 10.4 Å². The van der Waals surface area contributed by atoms with Gasteiger partial charge >= 0.3 is 5.69 Å². The molecular formula is C12H17N5O2. The van der Waals surface area contributed by atoms with E-state index >= 15 is 0 Å². The SMILES string of the molecule is O=c1[nH]nc2cc(NC3CCCCC3CO)ncn12. The molecule has 0 spiro atoms. The predicted octanol–water partition coefficient (Wildman–Crippen LogP) is 0.381. The topological polar surface area (TPSA) is 95.3 Å². The monoisotopic (exact) mass is 263 g/mol. The smallest absolute Gasteiger partial charge is 0.348 e. The molecule has 7 heteroatoms. The Morgan fingerprint density at radius 2 is 2.32 bits per heavy atom. The molecule has 3 N–H and O–H groups in total. The highest BCUT2D eigenvalue weighted by Crippen LogP contribution is 2.26. The lowest BCUT2D eigenvalue weighted by Crippen LogP contribution is -2.34. The molecule has 3 rings (SSSR count). The van der Waals surface area contributed by atoms with Crippen LogP contribution in [-0.2, 0) is 0 Å². The number of aromatic nitrogens is 4. The molecule has 102 valence electrons. The average Bonchev–Trinajstić information content (AvgIpc) is 2.81. The van der Waals surface area contributed by atoms with E-state index in [-0.39, 0.29) is 24.3 Å². The van der Waals surface area contributed by atoms with Crippen molar-refractivity contribution in [3.8, 4) is 0 Å². The van der Waals surface area contributed by atoms with Gasteiger partial charge in [-0.2, -0.15) is 5.10 Å². The molecule has 0 bridgehead atoms. The first-order valence-corrected chi connectivity index (χ1v) is 6.58. The van der Waals surface area contributed by atoms with E-state index in [4.69, 9.17) is 0 Å². The average molecular weight is 263 g/mol. The summed E-state index contributed by atoms with van der Waals surface area (Å²) in [7, 11) is 0. The lowest BCUT2D eigenvalue weighted by atomic mass is 9.85. The molecule has 2 atom stereocenters. The maximum absolute atomic E-state index is 11.3. The second kappa shape index (κ2) is 5.00. The van der Waals surface area contributed by atoms with E-state index in [0.29, 0.717) is 11.5 Å². The summed E-state index contributed by atoms with van der Waals surface area (Å²) in [6.45, 7) is 0.196. The Bertz CT molecular complexity index is 620. The number of fused-ring (bicyclic) bond motifs is 1. The second-order valence-corrected chi connectivity index (χ2v) is 5.01. The standard InChI is InChI=1S/C12H17N5O2/c18-6-8-3-1-2-4-9(8)14-10-5-11-15-16-12(19)17(11)7-13-10/h5,7-9,14,18H,1-4,6H2,(H,16,19). The Labute approximate surface area is 109 Å². The number of aliphatic hydroxyl groups is 1. The molecule has 0 radical (unpaired) electrons. The van der Waals surface area contributed by atoms with Crippen molar-refractivity contribution in [1.29, 1.82) is 0 Å². The zero-order chi connectivity index (χ0) is 13.2. The third kappa shape index (κ3) is 2.33. The zero-order valence-corrected chi connectivity index (χ0v) is 10.5. The Morgan fingerprint density at radius 3 is 3.16 bits per heavy atom. The molecule has 2 heterocycles. The number of anilines is 1. The van der Waals surface area contributed by atoms with E-state index in [1.807, 2.05) is 0 Å². The Kier molecular flexibility index (Phi) is 3.20. The van der Waals surface area contributed by atoms with Crippen LogP contribution in [0.4, 0.5) is 5.82 Å². The lowest BCUT2D eigenvalue weighted by Gasteiger charge is -2.31. The fraction of sp³-hybridized carbons (Fsp3) is 0.583. The van der Waals surface area contributed by atoms with Crippen molar-refractivity contribution in [2.75, 3.05) is 11.9 Å². The van der Waals surface area contributed by atoms with Crippen LogP contribution in [0.15, 0.2) is 17.2 Å². The van der Waals surface area contributed by atoms with Gasteiger partial charge in [0.25, 0.3) is 0 Å². The van der Waals surface area contributed by atoms with Crippen LogP contribution in [0.2, 0.25) is 0 Å². The van der Waals surface area contributed by atoms with Crippen molar-refractivity contribution in [2.45, 2.75) is 31.7 Å². The van der Waals surface area contributed by atoms with Gasteiger partial charge in [-0.3, -0.25) is 0 Å². The van der Waals surface area contributed by atoms with E-state index in [2.05, 4.69) is 20.5 Å². The zero-order valence-electron chi connectivity index (χ0n) is 10.5. The molecule has 1 aliphatic rings. The third-order valence-electron chi connectivity index (χ3n) is 3.79. The van der Waals surface area contributed by atoms with Gasteiger partial charge in [0, 0.05) is 24.6 Å². The highest BCUT2D eigenvalue weighted by molar-refractivity contribution is 5.48. The van der Waals surface area contributed by atoms with E-state index in [1.54, 1.807) is 6.07 Å². The van der Waals surface area contributed by atoms with Crippen molar-refractivity contribution in [2.24, 2.45) is 5.92 Å². The van der Waals surface area contributed by atoms with Crippen molar-refractivity contribution >= 4 is 11.5 Å². The fourth-order valence-electron chi connectivity index (χ4n) is 2.69. The molecule has 1 aliphatic carbocycles. The number of aliphatic hydroxyl groups excluding tert-OH is 1. The molecule has 0 amide bonds. The maximum atomic E-state index is 11.3. The molecule has 19 heavy (non-hydrogen) atoms. The molecule has 2 aromatic rings. The van der Waals surface area contributed by atoms with Gasteiger partial charge in [0.1, 0.15) is 12.1 Å². The van der Waals surface area contributed by atoms with Crippen LogP contribution in [-0.4, -0.2) is 37.3 Å². The van der Waals surface area contributed by atoms with Crippen molar-refractivity contribution in [3.05, 3.63) is 22.9 Å². The first-order valence-electron chi connectivity index (χ1n) is 6.58. The van der Waals surface area contributed by atoms with Crippen molar-refractivity contribution < 1.29 is 5.11 Å². The molecule has 1 fully saturated rings. The van der Waals surface area contributed by atoms with Crippen molar-refractivity contribution in [1.82, 2.24) is 19.6 Å². The number of hydrogen-bond acceptors (Lipinski definition) is 5. The fourth-order valence-corrected chi connectivity index (χ4v) is 2.69. The van der Waals surface area contributed by atoms with Crippen LogP contribution in [0.3, 0.4) is 0 Å². The van der Waals surface area contributed by atoms with E-state index < -0.39 is 0 Å². The van der Waals surface area contributed by atoms with Gasteiger partial charge in [-0.05, 0) is 12.8 Å². The van der Waals surface area contributed by atoms with Crippen molar-refractivity contribution in [3.63, 3.8) is 0 Å². The summed E-state index contributed by atoms with van der Waals surface area (Å²) in [5.41, 5.74) is 0.249. The number of aromatic amines is 1. The largest absolute Gasteiger partial charge is 0.396 e. The van der Waals surface area contributed by atoms with Crippen LogP contribution in [0.25, 0.3) is 5.65 Å². The summed E-state index contributed by atoms with van der Waals surface area (Å²) in [6.07, 6.45) is 5.87. The van der Waals surface area contributed by atoms with Gasteiger partial charge in [-0.15, -0.1) is 0 Å².